The third kappa shape index (κ3) is 2.03. The van der Waals surface area contributed by atoms with Gasteiger partial charge in [0.1, 0.15) is 0 Å². The lowest BCUT2D eigenvalue weighted by Gasteiger charge is -1.95. The van der Waals surface area contributed by atoms with E-state index in [-0.39, 0.29) is 0 Å². The Bertz CT molecular complexity index is 115. The molecular weight excluding hydrogens is 188 g/mol. The second-order valence-electron chi connectivity index (χ2n) is 1.39. The summed E-state index contributed by atoms with van der Waals surface area (Å²) < 4.78 is 3.01. The van der Waals surface area contributed by atoms with E-state index in [9.17, 15) is 0 Å². The van der Waals surface area contributed by atoms with Crippen LogP contribution in [-0.2, 0) is 0 Å². The van der Waals surface area contributed by atoms with Crippen molar-refractivity contribution in [3.05, 3.63) is 8.47 Å². The van der Waals surface area contributed by atoms with Gasteiger partial charge in [-0.1, -0.05) is 0 Å². The van der Waals surface area contributed by atoms with Gasteiger partial charge in [0.25, 0.3) is 0 Å². The lowest BCUT2D eigenvalue weighted by Crippen LogP contribution is -1.63. The minimum atomic E-state index is 1.21. The van der Waals surface area contributed by atoms with Gasteiger partial charge in [-0.2, -0.15) is 0 Å². The Kier molecular flexibility index (Phi) is 3.76. The molecule has 0 saturated carbocycles. The minimum Gasteiger partial charge on any atom is -0.121 e. The van der Waals surface area contributed by atoms with Crippen molar-refractivity contribution in [2.75, 3.05) is 17.6 Å². The van der Waals surface area contributed by atoms with Gasteiger partial charge in [0, 0.05) is 5.08 Å². The number of hydrogen-bond donors (Lipinski definition) is 0. The first kappa shape index (κ1) is 8.24. The summed E-state index contributed by atoms with van der Waals surface area (Å²) in [5.41, 5.74) is 0. The molecule has 0 spiro atoms. The lowest BCUT2D eigenvalue weighted by atomic mass is 11.2. The van der Waals surface area contributed by atoms with Crippen molar-refractivity contribution in [2.45, 2.75) is 0 Å². The molecule has 4 heteroatoms. The van der Waals surface area contributed by atoms with Crippen LogP contribution in [0.5, 0.6) is 0 Å². The normalized spacial score (nSPS) is 19.3. The van der Waals surface area contributed by atoms with Gasteiger partial charge >= 0.3 is 0 Å². The van der Waals surface area contributed by atoms with Crippen LogP contribution in [0.15, 0.2) is 8.47 Å². The quantitative estimate of drug-likeness (QED) is 0.664. The van der Waals surface area contributed by atoms with Crippen molar-refractivity contribution in [1.29, 1.82) is 0 Å². The highest BCUT2D eigenvalue weighted by atomic mass is 32.3. The maximum Gasteiger partial charge on any atom is 0.0608 e. The van der Waals surface area contributed by atoms with Gasteiger partial charge in [-0.25, -0.2) is 0 Å². The Morgan fingerprint density at radius 2 is 1.56 bits per heavy atom. The highest BCUT2D eigenvalue weighted by Crippen LogP contribution is 2.48. The zero-order chi connectivity index (χ0) is 6.69. The third-order valence-electron chi connectivity index (χ3n) is 0.917. The fourth-order valence-electron chi connectivity index (χ4n) is 0.539. The summed E-state index contributed by atoms with van der Waals surface area (Å²) in [6.07, 6.45) is 4.29. The maximum absolute atomic E-state index is 2.14. The summed E-state index contributed by atoms with van der Waals surface area (Å²) in [5.74, 6) is 0. The monoisotopic (exact) mass is 196 g/mol. The molecule has 1 aliphatic heterocycles. The molecule has 0 radical (unpaired) electrons. The second-order valence-corrected chi connectivity index (χ2v) is 5.88. The Morgan fingerprint density at radius 3 is 1.89 bits per heavy atom. The summed E-state index contributed by atoms with van der Waals surface area (Å²) in [6, 6.07) is 0. The van der Waals surface area contributed by atoms with E-state index in [0.29, 0.717) is 0 Å². The van der Waals surface area contributed by atoms with Crippen molar-refractivity contribution in [3.8, 4) is 0 Å². The SMILES string of the molecule is CSC1=C(SC)SCS1. The van der Waals surface area contributed by atoms with E-state index in [2.05, 4.69) is 12.5 Å². The number of rotatable bonds is 2. The molecule has 0 atom stereocenters. The van der Waals surface area contributed by atoms with Crippen molar-refractivity contribution < 1.29 is 0 Å². The Balaban J connectivity index is 2.59. The van der Waals surface area contributed by atoms with Crippen molar-refractivity contribution in [1.82, 2.24) is 0 Å². The van der Waals surface area contributed by atoms with Crippen molar-refractivity contribution >= 4 is 47.0 Å². The standard InChI is InChI=1S/C5H8S4/c1-6-4-5(7-2)9-3-8-4/h3H2,1-2H3. The van der Waals surface area contributed by atoms with Crippen LogP contribution in [0.2, 0.25) is 0 Å². The van der Waals surface area contributed by atoms with Gasteiger partial charge in [0.15, 0.2) is 0 Å². The van der Waals surface area contributed by atoms with Crippen LogP contribution in [0.1, 0.15) is 0 Å². The van der Waals surface area contributed by atoms with Crippen molar-refractivity contribution in [2.24, 2.45) is 0 Å². The van der Waals surface area contributed by atoms with Crippen LogP contribution >= 0.6 is 47.0 Å². The molecule has 1 heterocycles. The van der Waals surface area contributed by atoms with E-state index in [1.807, 2.05) is 47.0 Å². The number of thioether (sulfide) groups is 4. The van der Waals surface area contributed by atoms with Crippen LogP contribution in [0.25, 0.3) is 0 Å². The van der Waals surface area contributed by atoms with Crippen molar-refractivity contribution in [3.63, 3.8) is 0 Å². The van der Waals surface area contributed by atoms with Crippen LogP contribution in [0, 0.1) is 0 Å². The van der Waals surface area contributed by atoms with E-state index in [1.54, 1.807) is 0 Å². The molecule has 0 nitrogen and oxygen atoms in total. The first-order valence-electron chi connectivity index (χ1n) is 2.46. The van der Waals surface area contributed by atoms with Gasteiger partial charge in [0.05, 0.1) is 8.47 Å². The summed E-state index contributed by atoms with van der Waals surface area (Å²) in [7, 11) is 0. The van der Waals surface area contributed by atoms with Gasteiger partial charge in [0.2, 0.25) is 0 Å². The average molecular weight is 196 g/mol. The Hall–Kier alpha value is 1.14. The predicted octanol–water partition coefficient (Wildman–Crippen LogP) is 3.28. The third-order valence-corrected chi connectivity index (χ3v) is 6.17. The molecule has 0 aliphatic carbocycles. The van der Waals surface area contributed by atoms with Crippen LogP contribution in [0.3, 0.4) is 0 Å². The predicted molar refractivity (Wildman–Crippen MR) is 54.1 cm³/mol. The molecule has 0 saturated heterocycles. The molecule has 9 heavy (non-hydrogen) atoms. The van der Waals surface area contributed by atoms with E-state index < -0.39 is 0 Å². The molecule has 52 valence electrons. The van der Waals surface area contributed by atoms with Crippen LogP contribution in [-0.4, -0.2) is 17.6 Å². The van der Waals surface area contributed by atoms with E-state index in [0.717, 1.165) is 0 Å². The smallest absolute Gasteiger partial charge is 0.0608 e. The van der Waals surface area contributed by atoms with E-state index >= 15 is 0 Å². The Labute approximate surface area is 73.0 Å². The summed E-state index contributed by atoms with van der Waals surface area (Å²) >= 11 is 7.65. The summed E-state index contributed by atoms with van der Waals surface area (Å²) in [5, 5.41) is 1.21. The molecular formula is C5H8S4. The molecule has 0 aromatic rings. The molecule has 1 rings (SSSR count). The second kappa shape index (κ2) is 4.11. The highest BCUT2D eigenvalue weighted by molar-refractivity contribution is 8.36. The lowest BCUT2D eigenvalue weighted by molar-refractivity contribution is 2.30. The molecule has 0 amide bonds. The van der Waals surface area contributed by atoms with Gasteiger partial charge in [-0.05, 0) is 12.5 Å². The van der Waals surface area contributed by atoms with Gasteiger partial charge in [-0.3, -0.25) is 0 Å². The maximum atomic E-state index is 2.14. The molecule has 1 aliphatic rings. The molecule has 0 aromatic heterocycles. The number of hydrogen-bond acceptors (Lipinski definition) is 4. The zero-order valence-corrected chi connectivity index (χ0v) is 8.61. The molecule has 0 unspecified atom stereocenters. The van der Waals surface area contributed by atoms with Gasteiger partial charge in [-0.15, -0.1) is 47.0 Å². The minimum absolute atomic E-state index is 1.21. The van der Waals surface area contributed by atoms with E-state index in [1.165, 1.54) is 13.6 Å². The van der Waals surface area contributed by atoms with Crippen LogP contribution < -0.4 is 0 Å². The molecule has 0 aromatic carbocycles. The summed E-state index contributed by atoms with van der Waals surface area (Å²) in [4.78, 5) is 0. The topological polar surface area (TPSA) is 0 Å². The molecule has 0 fully saturated rings. The average Bonchev–Trinajstić information content (AvgIpc) is 2.33. The van der Waals surface area contributed by atoms with Crippen LogP contribution in [0.4, 0.5) is 0 Å². The summed E-state index contributed by atoms with van der Waals surface area (Å²) in [6.45, 7) is 0. The zero-order valence-electron chi connectivity index (χ0n) is 5.34. The van der Waals surface area contributed by atoms with Gasteiger partial charge < -0.3 is 0 Å². The highest BCUT2D eigenvalue weighted by Gasteiger charge is 2.13. The Morgan fingerprint density at radius 1 is 1.11 bits per heavy atom. The van der Waals surface area contributed by atoms with E-state index in [4.69, 9.17) is 0 Å². The first-order chi connectivity index (χ1) is 4.38. The molecule has 0 bridgehead atoms. The molecule has 0 N–H and O–H groups in total. The fourth-order valence-corrected chi connectivity index (χ4v) is 5.72. The first-order valence-corrected chi connectivity index (χ1v) is 6.88. The largest absolute Gasteiger partial charge is 0.121 e. The fraction of sp³-hybridized carbons (Fsp3) is 0.600.